The van der Waals surface area contributed by atoms with Crippen molar-refractivity contribution in [1.29, 1.82) is 0 Å². The maximum atomic E-state index is 9.99. The molecule has 1 unspecified atom stereocenters. The SMILES string of the molecule is CCCCCC(O)CCCCCCCCCCCCCCCCCCCCCCCCCCCCCCCCCCCO. The Morgan fingerprint density at radius 1 is 0.279 bits per heavy atom. The van der Waals surface area contributed by atoms with Crippen LogP contribution in [0.5, 0.6) is 0 Å². The Morgan fingerprint density at radius 3 is 0.674 bits per heavy atom. The lowest BCUT2D eigenvalue weighted by Gasteiger charge is -2.09. The zero-order chi connectivity index (χ0) is 31.2. The highest BCUT2D eigenvalue weighted by Gasteiger charge is 2.03. The Hall–Kier alpha value is -0.0800. The molecule has 1 atom stereocenters. The fourth-order valence-corrected chi connectivity index (χ4v) is 6.75. The smallest absolute Gasteiger partial charge is 0.0540 e. The summed E-state index contributed by atoms with van der Waals surface area (Å²) in [6.07, 6.45) is 52.4. The summed E-state index contributed by atoms with van der Waals surface area (Å²) < 4.78 is 0. The minimum absolute atomic E-state index is 0.0355. The van der Waals surface area contributed by atoms with Gasteiger partial charge >= 0.3 is 0 Å². The molecule has 0 saturated carbocycles. The molecule has 0 bridgehead atoms. The zero-order valence-electron chi connectivity index (χ0n) is 30.0. The van der Waals surface area contributed by atoms with Gasteiger partial charge in [-0.15, -0.1) is 0 Å². The second-order valence-corrected chi connectivity index (χ2v) is 14.3. The van der Waals surface area contributed by atoms with Gasteiger partial charge in [-0.05, 0) is 19.3 Å². The first-order valence-electron chi connectivity index (χ1n) is 20.6. The number of unbranched alkanes of at least 4 members (excludes halogenated alkanes) is 34. The molecule has 0 radical (unpaired) electrons. The van der Waals surface area contributed by atoms with E-state index in [1.165, 1.54) is 225 Å². The van der Waals surface area contributed by atoms with Gasteiger partial charge in [0.2, 0.25) is 0 Å². The highest BCUT2D eigenvalue weighted by atomic mass is 16.3. The van der Waals surface area contributed by atoms with E-state index in [0.717, 1.165) is 19.3 Å². The van der Waals surface area contributed by atoms with Gasteiger partial charge < -0.3 is 10.2 Å². The van der Waals surface area contributed by atoms with Crippen molar-refractivity contribution in [2.24, 2.45) is 0 Å². The summed E-state index contributed by atoms with van der Waals surface area (Å²) in [4.78, 5) is 0. The molecule has 0 spiro atoms. The molecule has 0 amide bonds. The predicted molar refractivity (Wildman–Crippen MR) is 194 cm³/mol. The van der Waals surface area contributed by atoms with Gasteiger partial charge in [0, 0.05) is 6.61 Å². The molecule has 2 heteroatoms. The molecule has 0 rings (SSSR count). The summed E-state index contributed by atoms with van der Waals surface area (Å²) in [7, 11) is 0. The summed E-state index contributed by atoms with van der Waals surface area (Å²) >= 11 is 0. The van der Waals surface area contributed by atoms with Gasteiger partial charge in [-0.2, -0.15) is 0 Å². The van der Waals surface area contributed by atoms with Crippen molar-refractivity contribution >= 4 is 0 Å². The van der Waals surface area contributed by atoms with Crippen molar-refractivity contribution in [1.82, 2.24) is 0 Å². The van der Waals surface area contributed by atoms with Crippen LogP contribution < -0.4 is 0 Å². The molecule has 0 fully saturated rings. The van der Waals surface area contributed by atoms with E-state index >= 15 is 0 Å². The van der Waals surface area contributed by atoms with E-state index < -0.39 is 0 Å². The molecular weight excluding hydrogens is 524 g/mol. The van der Waals surface area contributed by atoms with Crippen LogP contribution in [0, 0.1) is 0 Å². The van der Waals surface area contributed by atoms with Crippen molar-refractivity contribution in [3.05, 3.63) is 0 Å². The van der Waals surface area contributed by atoms with Gasteiger partial charge in [0.1, 0.15) is 0 Å². The van der Waals surface area contributed by atoms with Gasteiger partial charge in [0.05, 0.1) is 6.10 Å². The lowest BCUT2D eigenvalue weighted by atomic mass is 10.0. The standard InChI is InChI=1S/C41H84O2/c1-2-3-35-38-41(43)39-36-33-31-29-27-25-23-21-19-17-15-13-11-9-7-5-4-6-8-10-12-14-16-18-20-22-24-26-28-30-32-34-37-40-42/h41-43H,2-40H2,1H3. The molecule has 0 heterocycles. The normalized spacial score (nSPS) is 12.3. The van der Waals surface area contributed by atoms with Crippen LogP contribution >= 0.6 is 0 Å². The van der Waals surface area contributed by atoms with E-state index in [1.807, 2.05) is 0 Å². The molecule has 0 aromatic carbocycles. The van der Waals surface area contributed by atoms with Crippen LogP contribution in [0.2, 0.25) is 0 Å². The maximum Gasteiger partial charge on any atom is 0.0540 e. The highest BCUT2D eigenvalue weighted by Crippen LogP contribution is 2.17. The largest absolute Gasteiger partial charge is 0.396 e. The van der Waals surface area contributed by atoms with Crippen LogP contribution in [0.3, 0.4) is 0 Å². The third kappa shape index (κ3) is 39.9. The minimum atomic E-state index is -0.0355. The molecule has 0 aliphatic rings. The van der Waals surface area contributed by atoms with E-state index in [-0.39, 0.29) is 6.10 Å². The molecule has 2 nitrogen and oxygen atoms in total. The van der Waals surface area contributed by atoms with Crippen LogP contribution in [0.15, 0.2) is 0 Å². The number of rotatable bonds is 39. The van der Waals surface area contributed by atoms with Crippen LogP contribution in [0.4, 0.5) is 0 Å². The van der Waals surface area contributed by atoms with E-state index in [4.69, 9.17) is 5.11 Å². The summed E-state index contributed by atoms with van der Waals surface area (Å²) in [5, 5.41) is 18.8. The molecule has 0 saturated heterocycles. The lowest BCUT2D eigenvalue weighted by Crippen LogP contribution is -2.05. The average molecular weight is 609 g/mol. The van der Waals surface area contributed by atoms with Crippen molar-refractivity contribution in [3.8, 4) is 0 Å². The van der Waals surface area contributed by atoms with Crippen LogP contribution in [0.1, 0.15) is 251 Å². The number of aliphatic hydroxyl groups excluding tert-OH is 2. The number of hydrogen-bond donors (Lipinski definition) is 2. The van der Waals surface area contributed by atoms with Crippen LogP contribution in [0.25, 0.3) is 0 Å². The predicted octanol–water partition coefficient (Wildman–Crippen LogP) is 14.2. The number of aliphatic hydroxyl groups is 2. The Balaban J connectivity index is 3.06. The first-order valence-corrected chi connectivity index (χ1v) is 20.6. The molecular formula is C41H84O2. The van der Waals surface area contributed by atoms with Gasteiger partial charge in [-0.25, -0.2) is 0 Å². The van der Waals surface area contributed by atoms with Crippen molar-refractivity contribution < 1.29 is 10.2 Å². The third-order valence-corrected chi connectivity index (χ3v) is 9.84. The van der Waals surface area contributed by atoms with E-state index in [2.05, 4.69) is 6.92 Å². The topological polar surface area (TPSA) is 40.5 Å². The van der Waals surface area contributed by atoms with Crippen LogP contribution in [-0.4, -0.2) is 22.9 Å². The second-order valence-electron chi connectivity index (χ2n) is 14.3. The second kappa shape index (κ2) is 39.9. The van der Waals surface area contributed by atoms with E-state index in [9.17, 15) is 5.11 Å². The maximum absolute atomic E-state index is 9.99. The summed E-state index contributed by atoms with van der Waals surface area (Å²) in [6, 6.07) is 0. The Labute approximate surface area is 273 Å². The minimum Gasteiger partial charge on any atom is -0.396 e. The van der Waals surface area contributed by atoms with Gasteiger partial charge in [0.15, 0.2) is 0 Å². The lowest BCUT2D eigenvalue weighted by molar-refractivity contribution is 0.147. The molecule has 43 heavy (non-hydrogen) atoms. The molecule has 0 aliphatic heterocycles. The Kier molecular flexibility index (Phi) is 39.9. The average Bonchev–Trinajstić information content (AvgIpc) is 3.01. The molecule has 260 valence electrons. The monoisotopic (exact) mass is 609 g/mol. The Bertz CT molecular complexity index is 465. The van der Waals surface area contributed by atoms with Gasteiger partial charge in [-0.3, -0.25) is 0 Å². The van der Waals surface area contributed by atoms with Crippen molar-refractivity contribution in [2.45, 2.75) is 257 Å². The Morgan fingerprint density at radius 2 is 0.465 bits per heavy atom. The summed E-state index contributed by atoms with van der Waals surface area (Å²) in [5.41, 5.74) is 0. The first-order chi connectivity index (χ1) is 21.3. The van der Waals surface area contributed by atoms with Crippen molar-refractivity contribution in [2.75, 3.05) is 6.61 Å². The molecule has 0 aromatic rings. The molecule has 0 aromatic heterocycles. The zero-order valence-corrected chi connectivity index (χ0v) is 30.0. The van der Waals surface area contributed by atoms with Gasteiger partial charge in [-0.1, -0.05) is 232 Å². The summed E-state index contributed by atoms with van der Waals surface area (Å²) in [6.45, 7) is 2.60. The van der Waals surface area contributed by atoms with Crippen molar-refractivity contribution in [3.63, 3.8) is 0 Å². The quantitative estimate of drug-likeness (QED) is 0.0681. The fraction of sp³-hybridized carbons (Fsp3) is 1.00. The number of hydrogen-bond acceptors (Lipinski definition) is 2. The third-order valence-electron chi connectivity index (χ3n) is 9.84. The fourth-order valence-electron chi connectivity index (χ4n) is 6.75. The van der Waals surface area contributed by atoms with E-state index in [1.54, 1.807) is 0 Å². The summed E-state index contributed by atoms with van der Waals surface area (Å²) in [5.74, 6) is 0. The van der Waals surface area contributed by atoms with Crippen LogP contribution in [-0.2, 0) is 0 Å². The highest BCUT2D eigenvalue weighted by molar-refractivity contribution is 4.57. The molecule has 2 N–H and O–H groups in total. The first kappa shape index (κ1) is 42.9. The van der Waals surface area contributed by atoms with E-state index in [0.29, 0.717) is 6.61 Å². The van der Waals surface area contributed by atoms with Gasteiger partial charge in [0.25, 0.3) is 0 Å². The molecule has 0 aliphatic carbocycles.